The van der Waals surface area contributed by atoms with Gasteiger partial charge in [-0.1, -0.05) is 16.8 Å². The summed E-state index contributed by atoms with van der Waals surface area (Å²) in [7, 11) is 0. The van der Waals surface area contributed by atoms with Crippen molar-refractivity contribution in [2.75, 3.05) is 5.32 Å². The fourth-order valence-electron chi connectivity index (χ4n) is 1.53. The van der Waals surface area contributed by atoms with E-state index in [2.05, 4.69) is 15.6 Å². The molecule has 19 heavy (non-hydrogen) atoms. The average Bonchev–Trinajstić information content (AvgIpc) is 2.79. The van der Waals surface area contributed by atoms with Crippen LogP contribution in [0.25, 0.3) is 0 Å². The van der Waals surface area contributed by atoms with Crippen LogP contribution in [-0.2, 0) is 12.1 Å². The van der Waals surface area contributed by atoms with E-state index in [1.807, 2.05) is 27.0 Å². The lowest BCUT2D eigenvalue weighted by atomic mass is 10.1. The molecule has 0 bridgehead atoms. The van der Waals surface area contributed by atoms with Gasteiger partial charge in [-0.2, -0.15) is 0 Å². The summed E-state index contributed by atoms with van der Waals surface area (Å²) in [5.41, 5.74) is 0.985. The number of halogens is 2. The van der Waals surface area contributed by atoms with Crippen molar-refractivity contribution >= 4 is 17.3 Å². The number of nitrogens with one attached hydrogen (secondary N) is 1. The van der Waals surface area contributed by atoms with Gasteiger partial charge in [0, 0.05) is 5.02 Å². The summed E-state index contributed by atoms with van der Waals surface area (Å²) in [6.45, 7) is 6.51. The van der Waals surface area contributed by atoms with E-state index < -0.39 is 0 Å². The first-order valence-electron chi connectivity index (χ1n) is 5.97. The largest absolute Gasteiger partial charge is 0.377 e. The number of rotatable bonds is 3. The molecule has 0 saturated carbocycles. The Bertz CT molecular complexity index is 574. The quantitative estimate of drug-likeness (QED) is 0.938. The first kappa shape index (κ1) is 13.8. The first-order chi connectivity index (χ1) is 8.86. The molecule has 2 aromatic rings. The zero-order valence-electron chi connectivity index (χ0n) is 11.1. The van der Waals surface area contributed by atoms with E-state index in [4.69, 9.17) is 11.6 Å². The average molecular weight is 283 g/mol. The normalized spacial score (nSPS) is 11.6. The summed E-state index contributed by atoms with van der Waals surface area (Å²) >= 11 is 5.82. The lowest BCUT2D eigenvalue weighted by molar-refractivity contribution is 0.347. The van der Waals surface area contributed by atoms with Crippen molar-refractivity contribution in [2.24, 2.45) is 0 Å². The Balaban J connectivity index is 2.06. The van der Waals surface area contributed by atoms with Crippen molar-refractivity contribution in [2.45, 2.75) is 32.9 Å². The zero-order valence-corrected chi connectivity index (χ0v) is 11.9. The molecule has 0 fully saturated rings. The highest BCUT2D eigenvalue weighted by Crippen LogP contribution is 2.20. The van der Waals surface area contributed by atoms with Gasteiger partial charge in [-0.3, -0.25) is 0 Å². The van der Waals surface area contributed by atoms with Crippen LogP contribution in [-0.4, -0.2) is 15.0 Å². The van der Waals surface area contributed by atoms with Crippen LogP contribution in [0.4, 0.5) is 10.1 Å². The second kappa shape index (κ2) is 5.17. The van der Waals surface area contributed by atoms with Crippen LogP contribution in [0, 0.1) is 5.82 Å². The molecule has 102 valence electrons. The lowest BCUT2D eigenvalue weighted by Gasteiger charge is -2.17. The van der Waals surface area contributed by atoms with Crippen molar-refractivity contribution in [3.8, 4) is 0 Å². The van der Waals surface area contributed by atoms with Gasteiger partial charge in [-0.25, -0.2) is 9.07 Å². The van der Waals surface area contributed by atoms with Gasteiger partial charge < -0.3 is 5.32 Å². The maximum absolute atomic E-state index is 13.5. The van der Waals surface area contributed by atoms with Crippen LogP contribution in [0.1, 0.15) is 26.5 Å². The highest BCUT2D eigenvalue weighted by Gasteiger charge is 2.15. The number of hydrogen-bond acceptors (Lipinski definition) is 3. The van der Waals surface area contributed by atoms with Crippen LogP contribution < -0.4 is 5.32 Å². The molecule has 0 atom stereocenters. The third-order valence-electron chi connectivity index (χ3n) is 2.62. The molecule has 0 radical (unpaired) electrons. The van der Waals surface area contributed by atoms with Crippen LogP contribution in [0.2, 0.25) is 5.02 Å². The van der Waals surface area contributed by atoms with E-state index in [1.54, 1.807) is 10.7 Å². The van der Waals surface area contributed by atoms with Gasteiger partial charge in [0.25, 0.3) is 0 Å². The summed E-state index contributed by atoms with van der Waals surface area (Å²) in [5, 5.41) is 11.5. The van der Waals surface area contributed by atoms with Gasteiger partial charge in [-0.15, -0.1) is 5.10 Å². The second-order valence-corrected chi connectivity index (χ2v) is 5.74. The van der Waals surface area contributed by atoms with Gasteiger partial charge >= 0.3 is 0 Å². The van der Waals surface area contributed by atoms with E-state index >= 15 is 0 Å². The molecule has 2 rings (SSSR count). The molecule has 0 unspecified atom stereocenters. The SMILES string of the molecule is CC(C)(C)n1cc(CNc2cc(Cl)ccc2F)nn1. The molecule has 0 aliphatic carbocycles. The van der Waals surface area contributed by atoms with E-state index in [-0.39, 0.29) is 11.4 Å². The minimum atomic E-state index is -0.340. The highest BCUT2D eigenvalue weighted by molar-refractivity contribution is 6.30. The van der Waals surface area contributed by atoms with Crippen LogP contribution >= 0.6 is 11.6 Å². The molecule has 0 aliphatic rings. The van der Waals surface area contributed by atoms with Crippen LogP contribution in [0.15, 0.2) is 24.4 Å². The first-order valence-corrected chi connectivity index (χ1v) is 6.35. The Hall–Kier alpha value is -1.62. The molecule has 0 amide bonds. The molecule has 4 nitrogen and oxygen atoms in total. The summed E-state index contributed by atoms with van der Waals surface area (Å²) in [6.07, 6.45) is 1.84. The maximum atomic E-state index is 13.5. The number of aromatic nitrogens is 3. The summed E-state index contributed by atoms with van der Waals surface area (Å²) < 4.78 is 15.3. The van der Waals surface area contributed by atoms with Gasteiger partial charge in [0.1, 0.15) is 11.5 Å². The minimum Gasteiger partial charge on any atom is -0.377 e. The zero-order chi connectivity index (χ0) is 14.0. The molecular weight excluding hydrogens is 267 g/mol. The summed E-state index contributed by atoms with van der Waals surface area (Å²) in [4.78, 5) is 0. The van der Waals surface area contributed by atoms with E-state index in [0.717, 1.165) is 5.69 Å². The van der Waals surface area contributed by atoms with Crippen molar-refractivity contribution in [1.29, 1.82) is 0 Å². The molecule has 6 heteroatoms. The second-order valence-electron chi connectivity index (χ2n) is 5.30. The van der Waals surface area contributed by atoms with E-state index in [0.29, 0.717) is 17.3 Å². The monoisotopic (exact) mass is 282 g/mol. The fraction of sp³-hybridized carbons (Fsp3) is 0.385. The Morgan fingerprint density at radius 1 is 1.37 bits per heavy atom. The molecule has 1 aromatic heterocycles. The molecule has 0 aliphatic heterocycles. The molecule has 1 N–H and O–H groups in total. The third-order valence-corrected chi connectivity index (χ3v) is 2.85. The van der Waals surface area contributed by atoms with Gasteiger partial charge in [0.05, 0.1) is 24.0 Å². The highest BCUT2D eigenvalue weighted by atomic mass is 35.5. The topological polar surface area (TPSA) is 42.7 Å². The molecule has 1 heterocycles. The number of anilines is 1. The van der Waals surface area contributed by atoms with Crippen LogP contribution in [0.3, 0.4) is 0 Å². The summed E-state index contributed by atoms with van der Waals surface area (Å²) in [5.74, 6) is -0.340. The van der Waals surface area contributed by atoms with Crippen molar-refractivity contribution in [3.05, 3.63) is 40.9 Å². The number of benzene rings is 1. The smallest absolute Gasteiger partial charge is 0.146 e. The van der Waals surface area contributed by atoms with Crippen LogP contribution in [0.5, 0.6) is 0 Å². The molecular formula is C13H16ClFN4. The lowest BCUT2D eigenvalue weighted by Crippen LogP contribution is -2.22. The minimum absolute atomic E-state index is 0.118. The summed E-state index contributed by atoms with van der Waals surface area (Å²) in [6, 6.07) is 4.39. The predicted octanol–water partition coefficient (Wildman–Crippen LogP) is 3.44. The Kier molecular flexibility index (Phi) is 3.75. The van der Waals surface area contributed by atoms with Crippen molar-refractivity contribution in [1.82, 2.24) is 15.0 Å². The predicted molar refractivity (Wildman–Crippen MR) is 73.8 cm³/mol. The Morgan fingerprint density at radius 3 is 2.74 bits per heavy atom. The fourth-order valence-corrected chi connectivity index (χ4v) is 1.70. The van der Waals surface area contributed by atoms with Gasteiger partial charge in [-0.05, 0) is 39.0 Å². The Labute approximate surface area is 116 Å². The number of hydrogen-bond donors (Lipinski definition) is 1. The molecule has 0 spiro atoms. The maximum Gasteiger partial charge on any atom is 0.146 e. The number of nitrogens with zero attached hydrogens (tertiary/aromatic N) is 3. The molecule has 0 saturated heterocycles. The van der Waals surface area contributed by atoms with Crippen molar-refractivity contribution < 1.29 is 4.39 Å². The standard InChI is InChI=1S/C13H16ClFN4/c1-13(2,3)19-8-10(17-18-19)7-16-12-6-9(14)4-5-11(12)15/h4-6,8,16H,7H2,1-3H3. The van der Waals surface area contributed by atoms with Gasteiger partial charge in [0.15, 0.2) is 0 Å². The molecule has 1 aromatic carbocycles. The van der Waals surface area contributed by atoms with E-state index in [9.17, 15) is 4.39 Å². The Morgan fingerprint density at radius 2 is 2.11 bits per heavy atom. The van der Waals surface area contributed by atoms with Crippen molar-refractivity contribution in [3.63, 3.8) is 0 Å². The van der Waals surface area contributed by atoms with Gasteiger partial charge in [0.2, 0.25) is 0 Å². The van der Waals surface area contributed by atoms with E-state index in [1.165, 1.54) is 12.1 Å². The third kappa shape index (κ3) is 3.44.